The van der Waals surface area contributed by atoms with Crippen LogP contribution < -0.4 is 0 Å². The maximum absolute atomic E-state index is 12.4. The number of rotatable bonds is 30. The lowest BCUT2D eigenvalue weighted by Crippen LogP contribution is -2.19. The van der Waals surface area contributed by atoms with Crippen LogP contribution in [0.4, 0.5) is 0 Å². The van der Waals surface area contributed by atoms with E-state index in [9.17, 15) is 9.59 Å². The zero-order chi connectivity index (χ0) is 35.0. The second kappa shape index (κ2) is 37.7. The number of unbranched alkanes of at least 4 members (excludes halogenated alkanes) is 1. The summed E-state index contributed by atoms with van der Waals surface area (Å²) in [5.41, 5.74) is 0. The summed E-state index contributed by atoms with van der Waals surface area (Å²) in [5.74, 6) is -0.348. The topological polar surface area (TPSA) is 43.4 Å². The zero-order valence-electron chi connectivity index (χ0n) is 30.5. The average Bonchev–Trinajstić information content (AvgIpc) is 3.09. The number of Topliss-reactive ketones (excluding diaryl/α,β-unsaturated/α-hetero) is 1. The highest BCUT2D eigenvalue weighted by Gasteiger charge is 2.14. The van der Waals surface area contributed by atoms with E-state index in [1.165, 1.54) is 0 Å². The first-order valence-electron chi connectivity index (χ1n) is 18.4. The van der Waals surface area contributed by atoms with Gasteiger partial charge in [0.2, 0.25) is 0 Å². The molecular formula is C45H66O3. The van der Waals surface area contributed by atoms with Crippen LogP contribution in [0.5, 0.6) is 0 Å². The molecule has 0 bridgehead atoms. The molecule has 0 aliphatic heterocycles. The van der Waals surface area contributed by atoms with Crippen molar-refractivity contribution in [1.82, 2.24) is 0 Å². The molecule has 0 saturated heterocycles. The van der Waals surface area contributed by atoms with Crippen LogP contribution in [0.15, 0.2) is 134 Å². The van der Waals surface area contributed by atoms with E-state index in [1.807, 2.05) is 6.92 Å². The van der Waals surface area contributed by atoms with Crippen molar-refractivity contribution >= 4 is 11.8 Å². The molecule has 0 N–H and O–H groups in total. The van der Waals surface area contributed by atoms with Crippen molar-refractivity contribution in [3.63, 3.8) is 0 Å². The van der Waals surface area contributed by atoms with Gasteiger partial charge in [0.1, 0.15) is 12.4 Å². The Hall–Kier alpha value is -3.72. The molecule has 0 rings (SSSR count). The predicted molar refractivity (Wildman–Crippen MR) is 211 cm³/mol. The van der Waals surface area contributed by atoms with E-state index in [4.69, 9.17) is 4.74 Å². The van der Waals surface area contributed by atoms with Crippen LogP contribution in [0.25, 0.3) is 0 Å². The van der Waals surface area contributed by atoms with Crippen molar-refractivity contribution in [2.24, 2.45) is 5.92 Å². The summed E-state index contributed by atoms with van der Waals surface area (Å²) in [4.78, 5) is 24.4. The molecule has 0 aromatic carbocycles. The van der Waals surface area contributed by atoms with Gasteiger partial charge in [0, 0.05) is 18.8 Å². The minimum atomic E-state index is -0.265. The van der Waals surface area contributed by atoms with E-state index in [-0.39, 0.29) is 24.3 Å². The molecule has 0 radical (unpaired) electrons. The van der Waals surface area contributed by atoms with Gasteiger partial charge in [-0.2, -0.15) is 0 Å². The predicted octanol–water partition coefficient (Wildman–Crippen LogP) is 13.1. The fraction of sp³-hybridized carbons (Fsp3) is 0.467. The molecule has 48 heavy (non-hydrogen) atoms. The van der Waals surface area contributed by atoms with Crippen LogP contribution in [0.2, 0.25) is 0 Å². The first-order chi connectivity index (χ1) is 23.6. The molecule has 0 aliphatic carbocycles. The van der Waals surface area contributed by atoms with Crippen molar-refractivity contribution in [1.29, 1.82) is 0 Å². The van der Waals surface area contributed by atoms with E-state index in [2.05, 4.69) is 148 Å². The molecule has 0 fully saturated rings. The molecule has 0 unspecified atom stereocenters. The number of ketones is 1. The number of carbonyl (C=O) groups is 2. The Bertz CT molecular complexity index is 1100. The third-order valence-corrected chi connectivity index (χ3v) is 7.11. The lowest BCUT2D eigenvalue weighted by Gasteiger charge is -2.10. The summed E-state index contributed by atoms with van der Waals surface area (Å²) in [6, 6.07) is 0. The minimum Gasteiger partial charge on any atom is -0.465 e. The molecule has 0 heterocycles. The Labute approximate surface area is 295 Å². The van der Waals surface area contributed by atoms with Crippen LogP contribution >= 0.6 is 0 Å². The van der Waals surface area contributed by atoms with Crippen molar-refractivity contribution < 1.29 is 14.3 Å². The van der Waals surface area contributed by atoms with Crippen LogP contribution in [-0.4, -0.2) is 18.4 Å². The van der Waals surface area contributed by atoms with Crippen molar-refractivity contribution in [3.05, 3.63) is 134 Å². The summed E-state index contributed by atoms with van der Waals surface area (Å²) in [5, 5.41) is 0. The van der Waals surface area contributed by atoms with E-state index in [1.54, 1.807) is 0 Å². The highest BCUT2D eigenvalue weighted by atomic mass is 16.5. The second-order valence-electron chi connectivity index (χ2n) is 11.6. The third-order valence-electron chi connectivity index (χ3n) is 7.11. The summed E-state index contributed by atoms with van der Waals surface area (Å²) in [7, 11) is 0. The van der Waals surface area contributed by atoms with Gasteiger partial charge in [0.25, 0.3) is 0 Å². The molecule has 0 aromatic rings. The average molecular weight is 655 g/mol. The van der Waals surface area contributed by atoms with Gasteiger partial charge in [-0.15, -0.1) is 0 Å². The summed E-state index contributed by atoms with van der Waals surface area (Å²) in [6.45, 7) is 6.31. The van der Waals surface area contributed by atoms with Crippen molar-refractivity contribution in [2.45, 2.75) is 124 Å². The molecule has 0 aliphatic rings. The summed E-state index contributed by atoms with van der Waals surface area (Å²) >= 11 is 0. The van der Waals surface area contributed by atoms with Crippen molar-refractivity contribution in [3.8, 4) is 0 Å². The number of ether oxygens (including phenoxy) is 1. The van der Waals surface area contributed by atoms with Gasteiger partial charge < -0.3 is 4.74 Å². The Kier molecular flexibility index (Phi) is 34.8. The maximum atomic E-state index is 12.4. The molecule has 3 nitrogen and oxygen atoms in total. The first-order valence-corrected chi connectivity index (χ1v) is 18.4. The van der Waals surface area contributed by atoms with Crippen LogP contribution in [0.1, 0.15) is 124 Å². The number of hydrogen-bond acceptors (Lipinski definition) is 3. The quantitative estimate of drug-likeness (QED) is 0.0440. The van der Waals surface area contributed by atoms with E-state index < -0.39 is 0 Å². The lowest BCUT2D eigenvalue weighted by atomic mass is 10.0. The monoisotopic (exact) mass is 655 g/mol. The first kappa shape index (κ1) is 44.3. The highest BCUT2D eigenvalue weighted by molar-refractivity contribution is 5.81. The Balaban J connectivity index is 3.78. The lowest BCUT2D eigenvalue weighted by molar-refractivity contribution is -0.146. The fourth-order valence-electron chi connectivity index (χ4n) is 4.23. The standard InChI is InChI=1S/C45H66O3/c1-4-6-8-10-12-14-16-18-20-22-23-25-26-28-30-32-34-36-38-40-44(46)43(3)42-48-45(47)41-39-37-35-33-31-29-27-24-21-19-17-15-13-11-9-7-5-2/h6-9,12-15,18-21,23,25,27-30,33-36,43H,4-5,10-11,16-17,22,24,26,31-32,37-42H2,1-3H3/b8-6-,9-7-,14-12-,15-13-,20-18-,21-19-,25-23-,29-27-,30-28-,35-33-,36-34-/t43-/m0/s1. The largest absolute Gasteiger partial charge is 0.465 e. The minimum absolute atomic E-state index is 0.140. The molecule has 0 saturated carbocycles. The van der Waals surface area contributed by atoms with Gasteiger partial charge in [-0.25, -0.2) is 0 Å². The number of allylic oxidation sites excluding steroid dienone is 22. The van der Waals surface area contributed by atoms with Crippen LogP contribution in [0.3, 0.4) is 0 Å². The smallest absolute Gasteiger partial charge is 0.305 e. The molecule has 264 valence electrons. The fourth-order valence-corrected chi connectivity index (χ4v) is 4.23. The molecule has 1 atom stereocenters. The van der Waals surface area contributed by atoms with Crippen molar-refractivity contribution in [2.75, 3.05) is 6.61 Å². The normalized spacial score (nSPS) is 13.9. The van der Waals surface area contributed by atoms with Gasteiger partial charge in [0.15, 0.2) is 0 Å². The summed E-state index contributed by atoms with van der Waals surface area (Å²) in [6.07, 6.45) is 61.9. The Morgan fingerprint density at radius 1 is 0.438 bits per heavy atom. The van der Waals surface area contributed by atoms with Gasteiger partial charge in [-0.3, -0.25) is 9.59 Å². The van der Waals surface area contributed by atoms with Crippen LogP contribution in [-0.2, 0) is 14.3 Å². The number of hydrogen-bond donors (Lipinski definition) is 0. The highest BCUT2D eigenvalue weighted by Crippen LogP contribution is 2.08. The van der Waals surface area contributed by atoms with Crippen LogP contribution in [0, 0.1) is 5.92 Å². The van der Waals surface area contributed by atoms with E-state index in [0.29, 0.717) is 12.8 Å². The molecule has 0 amide bonds. The SMILES string of the molecule is CC/C=C\C/C=C\C/C=C\C/C=C\C/C=C\C/C=C\CCC(=O)[C@@H](C)COC(=O)CCC/C=C\C/C=C\C/C=C\C/C=C\C/C=C\CC. The third kappa shape index (κ3) is 35.1. The maximum Gasteiger partial charge on any atom is 0.305 e. The number of esters is 1. The van der Waals surface area contributed by atoms with Gasteiger partial charge in [-0.05, 0) is 89.9 Å². The van der Waals surface area contributed by atoms with Gasteiger partial charge >= 0.3 is 5.97 Å². The molecule has 0 aromatic heterocycles. The van der Waals surface area contributed by atoms with E-state index in [0.717, 1.165) is 89.9 Å². The summed E-state index contributed by atoms with van der Waals surface area (Å²) < 4.78 is 5.35. The van der Waals surface area contributed by atoms with Gasteiger partial charge in [0.05, 0.1) is 0 Å². The molecule has 0 spiro atoms. The Morgan fingerprint density at radius 3 is 1.10 bits per heavy atom. The number of carbonyl (C=O) groups excluding carboxylic acids is 2. The Morgan fingerprint density at radius 2 is 0.750 bits per heavy atom. The zero-order valence-corrected chi connectivity index (χ0v) is 30.5. The van der Waals surface area contributed by atoms with E-state index >= 15 is 0 Å². The van der Waals surface area contributed by atoms with Gasteiger partial charge in [-0.1, -0.05) is 154 Å². The molecular weight excluding hydrogens is 588 g/mol. The second-order valence-corrected chi connectivity index (χ2v) is 11.6. The molecule has 3 heteroatoms.